The molecule has 0 saturated heterocycles. The molecule has 1 aliphatic rings. The van der Waals surface area contributed by atoms with Crippen molar-refractivity contribution in [3.63, 3.8) is 0 Å². The maximum atomic E-state index is 11.7. The molecule has 1 aliphatic heterocycles. The molecule has 2 rings (SSSR count). The zero-order valence-corrected chi connectivity index (χ0v) is 10.5. The Kier molecular flexibility index (Phi) is 2.66. The first-order chi connectivity index (χ1) is 7.07. The lowest BCUT2D eigenvalue weighted by Gasteiger charge is -2.07. The van der Waals surface area contributed by atoms with E-state index >= 15 is 0 Å². The number of amides is 2. The number of rotatable bonds is 1. The van der Waals surface area contributed by atoms with Crippen molar-refractivity contribution < 1.29 is 14.7 Å². The quantitative estimate of drug-likeness (QED) is 0.796. The molecule has 4 nitrogen and oxygen atoms in total. The number of nitrogens with zero attached hydrogens (tertiary/aromatic N) is 1. The number of imide groups is 1. The van der Waals surface area contributed by atoms with Crippen LogP contribution in [0.1, 0.15) is 20.7 Å². The molecule has 0 bridgehead atoms. The van der Waals surface area contributed by atoms with Crippen molar-refractivity contribution in [3.8, 4) is 0 Å². The van der Waals surface area contributed by atoms with E-state index in [0.717, 1.165) is 4.90 Å². The van der Waals surface area contributed by atoms with Crippen LogP contribution >= 0.6 is 31.9 Å². The van der Waals surface area contributed by atoms with E-state index in [-0.39, 0.29) is 0 Å². The smallest absolute Gasteiger partial charge is 0.264 e. The average Bonchev–Trinajstić information content (AvgIpc) is 2.45. The van der Waals surface area contributed by atoms with E-state index in [0.29, 0.717) is 20.1 Å². The van der Waals surface area contributed by atoms with Gasteiger partial charge in [-0.25, -0.2) is 0 Å². The molecule has 6 heteroatoms. The maximum Gasteiger partial charge on any atom is 0.264 e. The van der Waals surface area contributed by atoms with Gasteiger partial charge in [-0.3, -0.25) is 14.5 Å². The van der Waals surface area contributed by atoms with Crippen molar-refractivity contribution in [2.75, 3.05) is 6.73 Å². The van der Waals surface area contributed by atoms with E-state index in [4.69, 9.17) is 5.11 Å². The van der Waals surface area contributed by atoms with Gasteiger partial charge >= 0.3 is 0 Å². The second kappa shape index (κ2) is 3.70. The van der Waals surface area contributed by atoms with Crippen LogP contribution < -0.4 is 0 Å². The van der Waals surface area contributed by atoms with Gasteiger partial charge < -0.3 is 5.11 Å². The molecule has 0 spiro atoms. The number of aliphatic hydroxyl groups is 1. The van der Waals surface area contributed by atoms with Crippen molar-refractivity contribution in [2.45, 2.75) is 0 Å². The van der Waals surface area contributed by atoms with E-state index < -0.39 is 18.5 Å². The van der Waals surface area contributed by atoms with Crippen LogP contribution in [0.15, 0.2) is 21.1 Å². The molecule has 0 fully saturated rings. The summed E-state index contributed by atoms with van der Waals surface area (Å²) in [5, 5.41) is 8.90. The van der Waals surface area contributed by atoms with Crippen LogP contribution in [0.3, 0.4) is 0 Å². The number of benzene rings is 1. The van der Waals surface area contributed by atoms with Gasteiger partial charge in [0.05, 0.1) is 11.1 Å². The Hall–Kier alpha value is -0.720. The number of hydrogen-bond donors (Lipinski definition) is 1. The fourth-order valence-corrected chi connectivity index (χ4v) is 2.28. The molecule has 0 aliphatic carbocycles. The summed E-state index contributed by atoms with van der Waals surface area (Å²) >= 11 is 6.47. The molecule has 1 aromatic rings. The molecule has 0 unspecified atom stereocenters. The van der Waals surface area contributed by atoms with Crippen LogP contribution in [0.2, 0.25) is 0 Å². The van der Waals surface area contributed by atoms with Crippen molar-refractivity contribution in [3.05, 3.63) is 32.2 Å². The Morgan fingerprint density at radius 1 is 1.20 bits per heavy atom. The van der Waals surface area contributed by atoms with Crippen LogP contribution in [0.25, 0.3) is 0 Å². The second-order valence-electron chi connectivity index (χ2n) is 2.96. The third-order valence-corrected chi connectivity index (χ3v) is 4.19. The van der Waals surface area contributed by atoms with Gasteiger partial charge in [0.1, 0.15) is 6.73 Å². The van der Waals surface area contributed by atoms with Crippen LogP contribution in [0, 0.1) is 0 Å². The summed E-state index contributed by atoms with van der Waals surface area (Å²) in [5.74, 6) is -0.948. The molecule has 78 valence electrons. The van der Waals surface area contributed by atoms with E-state index in [1.807, 2.05) is 0 Å². The highest BCUT2D eigenvalue weighted by Crippen LogP contribution is 2.34. The predicted molar refractivity (Wildman–Crippen MR) is 59.4 cm³/mol. The second-order valence-corrected chi connectivity index (χ2v) is 4.61. The lowest BCUT2D eigenvalue weighted by atomic mass is 10.1. The van der Waals surface area contributed by atoms with Gasteiger partial charge in [-0.1, -0.05) is 0 Å². The zero-order chi connectivity index (χ0) is 11.2. The van der Waals surface area contributed by atoms with Crippen LogP contribution in [0.5, 0.6) is 0 Å². The molecule has 15 heavy (non-hydrogen) atoms. The van der Waals surface area contributed by atoms with Gasteiger partial charge in [-0.05, 0) is 44.0 Å². The molecular formula is C9H5Br2NO3. The SMILES string of the molecule is O=C1c2ccc(Br)c(Br)c2C(=O)N1CO. The normalized spacial score (nSPS) is 14.7. The summed E-state index contributed by atoms with van der Waals surface area (Å²) in [4.78, 5) is 24.1. The van der Waals surface area contributed by atoms with Crippen molar-refractivity contribution >= 4 is 43.7 Å². The first kappa shape index (κ1) is 10.8. The Balaban J connectivity index is 2.68. The van der Waals surface area contributed by atoms with Gasteiger partial charge in [0.15, 0.2) is 0 Å². The summed E-state index contributed by atoms with van der Waals surface area (Å²) in [5.41, 5.74) is 0.604. The number of aliphatic hydroxyl groups excluding tert-OH is 1. The van der Waals surface area contributed by atoms with Crippen LogP contribution in [-0.2, 0) is 0 Å². The van der Waals surface area contributed by atoms with Gasteiger partial charge in [0.25, 0.3) is 11.8 Å². The van der Waals surface area contributed by atoms with Crippen LogP contribution in [-0.4, -0.2) is 28.6 Å². The number of carbonyl (C=O) groups excluding carboxylic acids is 2. The fourth-order valence-electron chi connectivity index (χ4n) is 1.44. The first-order valence-electron chi connectivity index (χ1n) is 4.03. The molecular weight excluding hydrogens is 330 g/mol. The molecule has 1 aromatic carbocycles. The van der Waals surface area contributed by atoms with Gasteiger partial charge in [-0.2, -0.15) is 0 Å². The van der Waals surface area contributed by atoms with E-state index in [2.05, 4.69) is 31.9 Å². The maximum absolute atomic E-state index is 11.7. The van der Waals surface area contributed by atoms with Crippen molar-refractivity contribution in [2.24, 2.45) is 0 Å². The first-order valence-corrected chi connectivity index (χ1v) is 5.61. The molecule has 0 atom stereocenters. The molecule has 0 saturated carbocycles. The number of fused-ring (bicyclic) bond motifs is 1. The fraction of sp³-hybridized carbons (Fsp3) is 0.111. The zero-order valence-electron chi connectivity index (χ0n) is 7.33. The minimum Gasteiger partial charge on any atom is -0.376 e. The van der Waals surface area contributed by atoms with Gasteiger partial charge in [0, 0.05) is 8.95 Å². The van der Waals surface area contributed by atoms with E-state index in [1.165, 1.54) is 0 Å². The average molecular weight is 335 g/mol. The highest BCUT2D eigenvalue weighted by atomic mass is 79.9. The number of carbonyl (C=O) groups is 2. The predicted octanol–water partition coefficient (Wildman–Crippen LogP) is 1.76. The lowest BCUT2D eigenvalue weighted by Crippen LogP contribution is -2.30. The standard InChI is InChI=1S/C9H5Br2NO3/c10-5-2-1-4-6(7(5)11)9(15)12(3-13)8(4)14/h1-2,13H,3H2. The topological polar surface area (TPSA) is 57.6 Å². The monoisotopic (exact) mass is 333 g/mol. The van der Waals surface area contributed by atoms with Gasteiger partial charge in [0.2, 0.25) is 0 Å². The lowest BCUT2D eigenvalue weighted by molar-refractivity contribution is 0.0489. The van der Waals surface area contributed by atoms with Crippen LogP contribution in [0.4, 0.5) is 0 Å². The molecule has 1 N–H and O–H groups in total. The van der Waals surface area contributed by atoms with Crippen molar-refractivity contribution in [1.29, 1.82) is 0 Å². The van der Waals surface area contributed by atoms with E-state index in [9.17, 15) is 9.59 Å². The third kappa shape index (κ3) is 1.44. The molecule has 0 aromatic heterocycles. The third-order valence-electron chi connectivity index (χ3n) is 2.17. The molecule has 1 heterocycles. The largest absolute Gasteiger partial charge is 0.376 e. The Morgan fingerprint density at radius 3 is 2.47 bits per heavy atom. The summed E-state index contributed by atoms with van der Waals surface area (Å²) in [7, 11) is 0. The molecule has 0 radical (unpaired) electrons. The van der Waals surface area contributed by atoms with E-state index in [1.54, 1.807) is 12.1 Å². The number of hydrogen-bond acceptors (Lipinski definition) is 3. The van der Waals surface area contributed by atoms with Gasteiger partial charge in [-0.15, -0.1) is 0 Å². The van der Waals surface area contributed by atoms with Crippen molar-refractivity contribution in [1.82, 2.24) is 4.90 Å². The summed E-state index contributed by atoms with van der Waals surface area (Å²) in [6, 6.07) is 3.23. The summed E-state index contributed by atoms with van der Waals surface area (Å²) < 4.78 is 1.23. The Labute approximate surface area is 102 Å². The summed E-state index contributed by atoms with van der Waals surface area (Å²) in [6.07, 6.45) is 0. The Bertz CT molecular complexity index is 473. The molecule has 2 amide bonds. The Morgan fingerprint density at radius 2 is 1.87 bits per heavy atom. The summed E-state index contributed by atoms with van der Waals surface area (Å²) in [6.45, 7) is -0.601. The minimum absolute atomic E-state index is 0.295. The highest BCUT2D eigenvalue weighted by molar-refractivity contribution is 9.13. The minimum atomic E-state index is -0.601. The number of halogens is 2. The highest BCUT2D eigenvalue weighted by Gasteiger charge is 2.37.